The maximum absolute atomic E-state index is 6.47. The zero-order chi connectivity index (χ0) is 11.3. The fraction of sp³-hybridized carbons (Fsp3) is 0.200. The first kappa shape index (κ1) is 12.0. The monoisotopic (exact) mass is 260 g/mol. The molecule has 0 aromatic rings. The zero-order valence-corrected chi connectivity index (χ0v) is 12.1. The van der Waals surface area contributed by atoms with Crippen LogP contribution in [0.25, 0.3) is 0 Å². The summed E-state index contributed by atoms with van der Waals surface area (Å²) in [6.45, 7) is 20.0. The molecule has 1 fully saturated rings. The fourth-order valence-corrected chi connectivity index (χ4v) is 9.81. The predicted octanol–water partition coefficient (Wildman–Crippen LogP) is 4.01. The van der Waals surface area contributed by atoms with E-state index in [0.717, 1.165) is 20.8 Å². The van der Waals surface area contributed by atoms with E-state index in [0.29, 0.717) is 0 Å². The van der Waals surface area contributed by atoms with Crippen molar-refractivity contribution >= 4 is 36.9 Å². The van der Waals surface area contributed by atoms with Crippen molar-refractivity contribution in [2.45, 2.75) is 13.1 Å². The third-order valence-electron chi connectivity index (χ3n) is 3.00. The third-order valence-corrected chi connectivity index (χ3v) is 12.0. The summed E-state index contributed by atoms with van der Waals surface area (Å²) < 4.78 is 0. The smallest absolute Gasteiger partial charge is 0.155 e. The molecular weight excluding hydrogens is 247 g/mol. The Hall–Kier alpha value is -0.0262. The molecule has 0 aromatic heterocycles. The Labute approximate surface area is 97.0 Å². The Morgan fingerprint density at radius 2 is 0.857 bits per heavy atom. The Balaban J connectivity index is 3.36. The highest BCUT2D eigenvalue weighted by Crippen LogP contribution is 2.47. The Morgan fingerprint density at radius 1 is 0.714 bits per heavy atom. The molecule has 4 heteroatoms. The van der Waals surface area contributed by atoms with Crippen molar-refractivity contribution in [2.24, 2.45) is 0 Å². The molecule has 76 valence electrons. The predicted molar refractivity (Wildman–Crippen MR) is 71.5 cm³/mol. The van der Waals surface area contributed by atoms with Gasteiger partial charge in [0, 0.05) is 0 Å². The molecule has 0 amide bonds. The number of hydrogen-bond donors (Lipinski definition) is 0. The van der Waals surface area contributed by atoms with Crippen molar-refractivity contribution in [3.63, 3.8) is 0 Å². The summed E-state index contributed by atoms with van der Waals surface area (Å²) in [6, 6.07) is 0. The summed E-state index contributed by atoms with van der Waals surface area (Å²) >= 11 is 12.9. The van der Waals surface area contributed by atoms with E-state index >= 15 is 0 Å². The SMILES string of the molecule is C=C1C(=C)[Si](C)(Cl)C(=C)C(=C)[Si]1(C)Cl. The van der Waals surface area contributed by atoms with E-state index in [9.17, 15) is 0 Å². The number of rotatable bonds is 0. The van der Waals surface area contributed by atoms with Crippen LogP contribution in [0.3, 0.4) is 0 Å². The lowest BCUT2D eigenvalue weighted by molar-refractivity contribution is 1.59. The first-order chi connectivity index (χ1) is 6.13. The Morgan fingerprint density at radius 3 is 1.00 bits per heavy atom. The molecular formula is C10H14Cl2Si2. The molecule has 1 aliphatic rings. The molecule has 0 atom stereocenters. The van der Waals surface area contributed by atoms with Gasteiger partial charge in [0.05, 0.1) is 0 Å². The van der Waals surface area contributed by atoms with E-state index < -0.39 is 14.8 Å². The summed E-state index contributed by atoms with van der Waals surface area (Å²) in [4.78, 5) is 0. The highest BCUT2D eigenvalue weighted by molar-refractivity contribution is 7.37. The van der Waals surface area contributed by atoms with Crippen molar-refractivity contribution in [1.29, 1.82) is 0 Å². The molecule has 14 heavy (non-hydrogen) atoms. The molecule has 0 saturated carbocycles. The molecule has 1 saturated heterocycles. The van der Waals surface area contributed by atoms with Gasteiger partial charge in [-0.05, 0) is 33.9 Å². The van der Waals surface area contributed by atoms with Gasteiger partial charge in [-0.15, -0.1) is 0 Å². The molecule has 0 N–H and O–H groups in total. The molecule has 1 heterocycles. The van der Waals surface area contributed by atoms with E-state index in [1.54, 1.807) is 0 Å². The van der Waals surface area contributed by atoms with Gasteiger partial charge in [-0.25, -0.2) is 0 Å². The first-order valence-corrected chi connectivity index (χ1v) is 11.3. The fourth-order valence-electron chi connectivity index (χ4n) is 1.50. The minimum Gasteiger partial charge on any atom is -0.155 e. The lowest BCUT2D eigenvalue weighted by atomic mass is 10.6. The largest absolute Gasteiger partial charge is 0.212 e. The topological polar surface area (TPSA) is 0 Å². The second kappa shape index (κ2) is 3.24. The minimum absolute atomic E-state index is 0.917. The lowest BCUT2D eigenvalue weighted by Crippen LogP contribution is -2.47. The van der Waals surface area contributed by atoms with Gasteiger partial charge in [0.15, 0.2) is 0 Å². The van der Waals surface area contributed by atoms with Gasteiger partial charge < -0.3 is 0 Å². The van der Waals surface area contributed by atoms with Crippen LogP contribution in [0.2, 0.25) is 13.1 Å². The second-order valence-corrected chi connectivity index (χ2v) is 14.9. The third kappa shape index (κ3) is 1.41. The summed E-state index contributed by atoms with van der Waals surface area (Å²) in [6.07, 6.45) is 0. The van der Waals surface area contributed by atoms with Gasteiger partial charge in [0.2, 0.25) is 14.8 Å². The van der Waals surface area contributed by atoms with Gasteiger partial charge in [-0.1, -0.05) is 26.3 Å². The van der Waals surface area contributed by atoms with Crippen LogP contribution in [0.1, 0.15) is 0 Å². The number of allylic oxidation sites excluding steroid dienone is 4. The summed E-state index contributed by atoms with van der Waals surface area (Å²) in [5.74, 6) is 0. The summed E-state index contributed by atoms with van der Waals surface area (Å²) in [5, 5.41) is 3.67. The zero-order valence-electron chi connectivity index (χ0n) is 8.58. The molecule has 1 rings (SSSR count). The van der Waals surface area contributed by atoms with Crippen molar-refractivity contribution in [2.75, 3.05) is 0 Å². The van der Waals surface area contributed by atoms with Gasteiger partial charge in [-0.3, -0.25) is 0 Å². The van der Waals surface area contributed by atoms with Crippen LogP contribution in [0.4, 0.5) is 0 Å². The molecule has 0 aromatic carbocycles. The lowest BCUT2D eigenvalue weighted by Gasteiger charge is -2.40. The van der Waals surface area contributed by atoms with Gasteiger partial charge in [0.1, 0.15) is 0 Å². The Bertz CT molecular complexity index is 296. The van der Waals surface area contributed by atoms with Crippen LogP contribution < -0.4 is 0 Å². The van der Waals surface area contributed by atoms with Crippen LogP contribution in [0, 0.1) is 0 Å². The summed E-state index contributed by atoms with van der Waals surface area (Å²) in [5.41, 5.74) is 0. The molecule has 0 nitrogen and oxygen atoms in total. The van der Waals surface area contributed by atoms with Crippen molar-refractivity contribution in [1.82, 2.24) is 0 Å². The average Bonchev–Trinajstić information content (AvgIpc) is 2.11. The maximum atomic E-state index is 6.47. The van der Waals surface area contributed by atoms with E-state index in [-0.39, 0.29) is 0 Å². The average molecular weight is 261 g/mol. The van der Waals surface area contributed by atoms with E-state index in [1.807, 2.05) is 13.1 Å². The van der Waals surface area contributed by atoms with Gasteiger partial charge in [0.25, 0.3) is 0 Å². The summed E-state index contributed by atoms with van der Waals surface area (Å²) in [7, 11) is -4.36. The highest BCUT2D eigenvalue weighted by Gasteiger charge is 2.49. The first-order valence-electron chi connectivity index (χ1n) is 4.29. The van der Waals surface area contributed by atoms with E-state index in [1.165, 1.54) is 0 Å². The van der Waals surface area contributed by atoms with Crippen molar-refractivity contribution in [3.8, 4) is 0 Å². The van der Waals surface area contributed by atoms with Crippen LogP contribution in [0.5, 0.6) is 0 Å². The minimum atomic E-state index is -2.18. The van der Waals surface area contributed by atoms with Crippen LogP contribution in [-0.4, -0.2) is 14.8 Å². The molecule has 0 aliphatic carbocycles. The number of hydrogen-bond acceptors (Lipinski definition) is 0. The maximum Gasteiger partial charge on any atom is 0.212 e. The van der Waals surface area contributed by atoms with E-state index in [2.05, 4.69) is 26.3 Å². The molecule has 1 aliphatic heterocycles. The Kier molecular flexibility index (Phi) is 2.78. The van der Waals surface area contributed by atoms with Crippen molar-refractivity contribution in [3.05, 3.63) is 47.1 Å². The van der Waals surface area contributed by atoms with E-state index in [4.69, 9.17) is 22.2 Å². The number of halogens is 2. The second-order valence-electron chi connectivity index (χ2n) is 3.92. The van der Waals surface area contributed by atoms with Crippen LogP contribution in [-0.2, 0) is 0 Å². The molecule has 0 bridgehead atoms. The molecule has 0 radical (unpaired) electrons. The van der Waals surface area contributed by atoms with Gasteiger partial charge in [-0.2, -0.15) is 22.2 Å². The quantitative estimate of drug-likeness (QED) is 0.456. The van der Waals surface area contributed by atoms with Crippen LogP contribution >= 0.6 is 22.2 Å². The van der Waals surface area contributed by atoms with Crippen molar-refractivity contribution < 1.29 is 0 Å². The normalized spacial score (nSPS) is 39.1. The van der Waals surface area contributed by atoms with Crippen LogP contribution in [0.15, 0.2) is 47.1 Å². The van der Waals surface area contributed by atoms with Gasteiger partial charge >= 0.3 is 0 Å². The highest BCUT2D eigenvalue weighted by atomic mass is 35.6. The molecule has 0 unspecified atom stereocenters. The standard InChI is InChI=1S/C10H14Cl2Si2/c1-7-8(2)14(6,12)10(4)9(3)13(7,5)11/h1-4H2,5-6H3. The molecule has 0 spiro atoms.